The molecule has 0 aromatic heterocycles. The Hall–Kier alpha value is -1.38. The van der Waals surface area contributed by atoms with Crippen molar-refractivity contribution in [2.75, 3.05) is 13.2 Å². The van der Waals surface area contributed by atoms with Gasteiger partial charge in [-0.2, -0.15) is 0 Å². The second-order valence-electron chi connectivity index (χ2n) is 10.5. The molecule has 6 heteroatoms. The summed E-state index contributed by atoms with van der Waals surface area (Å²) in [5.41, 5.74) is 4.13. The highest BCUT2D eigenvalue weighted by molar-refractivity contribution is 14.1. The number of benzene rings is 1. The molecule has 0 radical (unpaired) electrons. The van der Waals surface area contributed by atoms with E-state index in [2.05, 4.69) is 90.6 Å². The van der Waals surface area contributed by atoms with Crippen LogP contribution in [0.15, 0.2) is 52.7 Å². The Labute approximate surface area is 234 Å². The van der Waals surface area contributed by atoms with Gasteiger partial charge in [0.2, 0.25) is 0 Å². The van der Waals surface area contributed by atoms with Crippen LogP contribution in [0.2, 0.25) is 16.6 Å². The topological polar surface area (TPSA) is 44.8 Å². The van der Waals surface area contributed by atoms with Crippen LogP contribution in [0.25, 0.3) is 0 Å². The van der Waals surface area contributed by atoms with E-state index >= 15 is 0 Å². The van der Waals surface area contributed by atoms with Gasteiger partial charge in [-0.3, -0.25) is 0 Å². The maximum absolute atomic E-state index is 13.5. The van der Waals surface area contributed by atoms with Crippen LogP contribution in [0.1, 0.15) is 84.2 Å². The fourth-order valence-corrected chi connectivity index (χ4v) is 10.8. The Balaban J connectivity index is 3.18. The molecule has 0 fully saturated rings. The molecule has 1 rings (SSSR count). The normalized spacial score (nSPS) is 12.9. The molecule has 0 bridgehead atoms. The van der Waals surface area contributed by atoms with Crippen molar-refractivity contribution in [2.45, 2.75) is 97.4 Å². The van der Waals surface area contributed by atoms with Crippen LogP contribution < -0.4 is 4.74 Å². The SMILES string of the molecule is C=CCOc1cccc(CC=C(C)C)c1C(=O)O[C@@H](C/C=C/I)CCO[Si](C(C)C)(C(C)C)C(C)C. The van der Waals surface area contributed by atoms with Crippen molar-refractivity contribution in [3.63, 3.8) is 0 Å². The smallest absolute Gasteiger partial charge is 0.342 e. The van der Waals surface area contributed by atoms with Crippen LogP contribution in [-0.2, 0) is 15.6 Å². The summed E-state index contributed by atoms with van der Waals surface area (Å²) in [6, 6.07) is 5.71. The number of hydrogen-bond donors (Lipinski definition) is 0. The summed E-state index contributed by atoms with van der Waals surface area (Å²) < 4.78 is 20.7. The Morgan fingerprint density at radius 2 is 1.72 bits per heavy atom. The summed E-state index contributed by atoms with van der Waals surface area (Å²) in [4.78, 5) is 13.5. The van der Waals surface area contributed by atoms with Gasteiger partial charge in [0.15, 0.2) is 8.32 Å². The van der Waals surface area contributed by atoms with E-state index in [0.717, 1.165) is 5.56 Å². The third kappa shape index (κ3) is 9.49. The quantitative estimate of drug-likeness (QED) is 0.0795. The van der Waals surface area contributed by atoms with E-state index in [1.165, 1.54) is 5.57 Å². The first-order chi connectivity index (χ1) is 17.0. The van der Waals surface area contributed by atoms with Gasteiger partial charge >= 0.3 is 5.97 Å². The monoisotopic (exact) mass is 626 g/mol. The maximum Gasteiger partial charge on any atom is 0.342 e. The third-order valence-electron chi connectivity index (χ3n) is 6.66. The zero-order valence-electron chi connectivity index (χ0n) is 23.6. The molecule has 1 aromatic carbocycles. The molecule has 36 heavy (non-hydrogen) atoms. The molecule has 1 atom stereocenters. The van der Waals surface area contributed by atoms with Crippen molar-refractivity contribution in [1.29, 1.82) is 0 Å². The minimum absolute atomic E-state index is 0.273. The van der Waals surface area contributed by atoms with E-state index in [0.29, 0.717) is 60.4 Å². The van der Waals surface area contributed by atoms with Gasteiger partial charge in [0.1, 0.15) is 24.0 Å². The summed E-state index contributed by atoms with van der Waals surface area (Å²) >= 11 is 2.20. The summed E-state index contributed by atoms with van der Waals surface area (Å²) in [6.07, 6.45) is 7.51. The molecule has 0 unspecified atom stereocenters. The van der Waals surface area contributed by atoms with Gasteiger partial charge in [-0.05, 0) is 52.6 Å². The van der Waals surface area contributed by atoms with Crippen LogP contribution in [0.4, 0.5) is 0 Å². The first-order valence-electron chi connectivity index (χ1n) is 13.1. The number of carbonyl (C=O) groups is 1. The average molecular weight is 627 g/mol. The Bertz CT molecular complexity index is 863. The van der Waals surface area contributed by atoms with E-state index in [1.54, 1.807) is 6.08 Å². The molecular weight excluding hydrogens is 579 g/mol. The van der Waals surface area contributed by atoms with Crippen molar-refractivity contribution in [3.05, 3.63) is 63.8 Å². The van der Waals surface area contributed by atoms with E-state index < -0.39 is 8.32 Å². The number of allylic oxidation sites excluding steroid dienone is 2. The van der Waals surface area contributed by atoms with Gasteiger partial charge in [0, 0.05) is 19.4 Å². The van der Waals surface area contributed by atoms with E-state index in [4.69, 9.17) is 13.9 Å². The minimum Gasteiger partial charge on any atom is -0.489 e. The number of rotatable bonds is 16. The number of hydrogen-bond acceptors (Lipinski definition) is 4. The van der Waals surface area contributed by atoms with Crippen molar-refractivity contribution in [2.24, 2.45) is 0 Å². The van der Waals surface area contributed by atoms with Gasteiger partial charge in [-0.25, -0.2) is 4.79 Å². The predicted octanol–water partition coefficient (Wildman–Crippen LogP) is 9.21. The lowest BCUT2D eigenvalue weighted by Crippen LogP contribution is -2.48. The Morgan fingerprint density at radius 3 is 2.25 bits per heavy atom. The molecule has 0 heterocycles. The molecule has 0 aliphatic rings. The largest absolute Gasteiger partial charge is 0.489 e. The molecule has 0 amide bonds. The van der Waals surface area contributed by atoms with Crippen LogP contribution in [0.3, 0.4) is 0 Å². The van der Waals surface area contributed by atoms with Crippen LogP contribution in [0.5, 0.6) is 5.75 Å². The van der Waals surface area contributed by atoms with Gasteiger partial charge in [0.05, 0.1) is 0 Å². The van der Waals surface area contributed by atoms with Gasteiger partial charge in [-0.1, -0.05) is 107 Å². The van der Waals surface area contributed by atoms with Gasteiger partial charge in [-0.15, -0.1) is 0 Å². The number of halogens is 1. The molecule has 0 saturated carbocycles. The minimum atomic E-state index is -1.98. The summed E-state index contributed by atoms with van der Waals surface area (Å²) in [5.74, 6) is 0.184. The zero-order chi connectivity index (χ0) is 27.3. The van der Waals surface area contributed by atoms with E-state index in [-0.39, 0.29) is 12.1 Å². The molecule has 0 saturated heterocycles. The molecule has 0 spiro atoms. The van der Waals surface area contributed by atoms with Gasteiger partial charge < -0.3 is 13.9 Å². The van der Waals surface area contributed by atoms with Crippen molar-refractivity contribution in [3.8, 4) is 5.75 Å². The van der Waals surface area contributed by atoms with E-state index in [1.807, 2.05) is 28.4 Å². The van der Waals surface area contributed by atoms with Crippen LogP contribution in [-0.4, -0.2) is 33.6 Å². The Morgan fingerprint density at radius 1 is 1.08 bits per heavy atom. The first-order valence-corrected chi connectivity index (χ1v) is 16.5. The molecule has 202 valence electrons. The first kappa shape index (κ1) is 32.6. The molecule has 0 aliphatic heterocycles. The average Bonchev–Trinajstić information content (AvgIpc) is 2.81. The second-order valence-corrected chi connectivity index (χ2v) is 16.6. The summed E-state index contributed by atoms with van der Waals surface area (Å²) in [5, 5.41) is 0. The number of carbonyl (C=O) groups excluding carboxylic acids is 1. The lowest BCUT2D eigenvalue weighted by Gasteiger charge is -2.42. The summed E-state index contributed by atoms with van der Waals surface area (Å²) in [7, 11) is -1.98. The van der Waals surface area contributed by atoms with Crippen molar-refractivity contribution < 1.29 is 18.7 Å². The standard InChI is InChI=1S/C30H47IO4Si/c1-10-20-33-28-15-11-13-26(17-16-22(2)3)29(28)30(32)35-27(14-12-19-31)18-21-34-36(23(4)5,24(6)7)25(8)9/h10-13,15-16,19,23-25,27H,1,14,17-18,20-21H2,2-9H3/b19-12+/t27-/m0/s1. The maximum atomic E-state index is 13.5. The third-order valence-corrected chi connectivity index (χ3v) is 13.3. The van der Waals surface area contributed by atoms with Crippen LogP contribution >= 0.6 is 22.6 Å². The highest BCUT2D eigenvalue weighted by Crippen LogP contribution is 2.42. The van der Waals surface area contributed by atoms with Crippen LogP contribution in [0, 0.1) is 0 Å². The lowest BCUT2D eigenvalue weighted by atomic mass is 10.0. The lowest BCUT2D eigenvalue weighted by molar-refractivity contribution is 0.0248. The highest BCUT2D eigenvalue weighted by atomic mass is 127. The number of ether oxygens (including phenoxy) is 2. The second kappa shape index (κ2) is 16.5. The number of esters is 1. The molecule has 0 N–H and O–H groups in total. The van der Waals surface area contributed by atoms with E-state index in [9.17, 15) is 4.79 Å². The molecule has 4 nitrogen and oxygen atoms in total. The fourth-order valence-electron chi connectivity index (χ4n) is 5.07. The van der Waals surface area contributed by atoms with Crippen molar-refractivity contribution in [1.82, 2.24) is 0 Å². The molecule has 0 aliphatic carbocycles. The molecule has 1 aromatic rings. The summed E-state index contributed by atoms with van der Waals surface area (Å²) in [6.45, 7) is 22.5. The fraction of sp³-hybridized carbons (Fsp3) is 0.567. The predicted molar refractivity (Wildman–Crippen MR) is 164 cm³/mol. The Kier molecular flexibility index (Phi) is 14.9. The van der Waals surface area contributed by atoms with Crippen molar-refractivity contribution >= 4 is 36.9 Å². The highest BCUT2D eigenvalue weighted by Gasteiger charge is 2.45. The molecular formula is C30H47IO4Si. The van der Waals surface area contributed by atoms with Gasteiger partial charge in [0.25, 0.3) is 0 Å². The zero-order valence-corrected chi connectivity index (χ0v) is 26.8.